The third kappa shape index (κ3) is 2.03. The number of aromatic nitrogens is 2. The lowest BCUT2D eigenvalue weighted by Crippen LogP contribution is -1.97. The molecule has 3 aromatic rings. The molecule has 0 saturated heterocycles. The van der Waals surface area contributed by atoms with Crippen LogP contribution < -0.4 is 11.5 Å². The van der Waals surface area contributed by atoms with E-state index in [1.54, 1.807) is 12.1 Å². The van der Waals surface area contributed by atoms with Crippen molar-refractivity contribution < 1.29 is 20.1 Å². The number of nitrogen functional groups attached to an aromatic ring is 2. The number of aromatic carboxylic acids is 1. The van der Waals surface area contributed by atoms with E-state index in [-0.39, 0.29) is 17.1 Å². The minimum atomic E-state index is -1.34. The Morgan fingerprint density at radius 1 is 1.05 bits per heavy atom. The van der Waals surface area contributed by atoms with Gasteiger partial charge in [0.1, 0.15) is 22.9 Å². The highest BCUT2D eigenvalue weighted by Crippen LogP contribution is 2.35. The first-order valence-corrected chi connectivity index (χ1v) is 6.21. The molecule has 0 aliphatic rings. The summed E-state index contributed by atoms with van der Waals surface area (Å²) in [7, 11) is 0. The number of carboxylic acids is 1. The van der Waals surface area contributed by atoms with E-state index < -0.39 is 17.3 Å². The summed E-state index contributed by atoms with van der Waals surface area (Å²) in [5.74, 6) is -1.88. The number of fused-ring (bicyclic) bond motifs is 1. The molecular formula is C14H12N4O4. The molecule has 8 nitrogen and oxygen atoms in total. The molecule has 0 bridgehead atoms. The number of anilines is 2. The van der Waals surface area contributed by atoms with Gasteiger partial charge in [-0.2, -0.15) is 0 Å². The number of benzene rings is 2. The highest BCUT2D eigenvalue weighted by Gasteiger charge is 2.17. The van der Waals surface area contributed by atoms with Crippen LogP contribution in [0.25, 0.3) is 22.4 Å². The summed E-state index contributed by atoms with van der Waals surface area (Å²) < 4.78 is 0. The zero-order valence-corrected chi connectivity index (χ0v) is 11.2. The quantitative estimate of drug-likeness (QED) is 0.309. The van der Waals surface area contributed by atoms with Gasteiger partial charge in [-0.1, -0.05) is 0 Å². The maximum absolute atomic E-state index is 10.9. The van der Waals surface area contributed by atoms with Gasteiger partial charge in [-0.15, -0.1) is 0 Å². The molecule has 3 rings (SSSR count). The highest BCUT2D eigenvalue weighted by molar-refractivity contribution is 5.93. The molecule has 0 aliphatic carbocycles. The molecule has 22 heavy (non-hydrogen) atoms. The average Bonchev–Trinajstić information content (AvgIpc) is 2.83. The molecule has 0 aliphatic heterocycles. The van der Waals surface area contributed by atoms with Crippen molar-refractivity contribution in [1.82, 2.24) is 9.97 Å². The van der Waals surface area contributed by atoms with Crippen LogP contribution in [0.3, 0.4) is 0 Å². The molecule has 0 radical (unpaired) electrons. The number of phenols is 2. The highest BCUT2D eigenvalue weighted by atomic mass is 16.4. The van der Waals surface area contributed by atoms with Crippen LogP contribution in [0.1, 0.15) is 10.4 Å². The summed E-state index contributed by atoms with van der Waals surface area (Å²) in [4.78, 5) is 18.1. The molecule has 8 heteroatoms. The largest absolute Gasteiger partial charge is 0.507 e. The first kappa shape index (κ1) is 13.6. The number of H-pyrrole nitrogens is 1. The Morgan fingerprint density at radius 3 is 2.41 bits per heavy atom. The second kappa shape index (κ2) is 4.55. The fourth-order valence-electron chi connectivity index (χ4n) is 2.16. The number of carbonyl (C=O) groups is 1. The Kier molecular flexibility index (Phi) is 2.81. The van der Waals surface area contributed by atoms with Crippen LogP contribution in [-0.4, -0.2) is 31.3 Å². The van der Waals surface area contributed by atoms with E-state index in [1.165, 1.54) is 0 Å². The number of carboxylic acid groups (broad SMARTS) is 1. The maximum Gasteiger partial charge on any atom is 0.339 e. The van der Waals surface area contributed by atoms with Crippen molar-refractivity contribution in [1.29, 1.82) is 0 Å². The summed E-state index contributed by atoms with van der Waals surface area (Å²) in [6, 6.07) is 5.27. The number of imidazole rings is 1. The number of nitrogens with zero attached hydrogens (tertiary/aromatic N) is 1. The minimum absolute atomic E-state index is 0.163. The Morgan fingerprint density at radius 2 is 1.73 bits per heavy atom. The fourth-order valence-corrected chi connectivity index (χ4v) is 2.16. The van der Waals surface area contributed by atoms with Crippen molar-refractivity contribution in [2.75, 3.05) is 11.5 Å². The summed E-state index contributed by atoms with van der Waals surface area (Å²) in [5, 5.41) is 28.6. The lowest BCUT2D eigenvalue weighted by atomic mass is 10.1. The van der Waals surface area contributed by atoms with Gasteiger partial charge in [0, 0.05) is 0 Å². The lowest BCUT2D eigenvalue weighted by Gasteiger charge is -2.05. The lowest BCUT2D eigenvalue weighted by molar-refractivity contribution is 0.0693. The summed E-state index contributed by atoms with van der Waals surface area (Å²) in [5.41, 5.74) is 13.1. The Balaban J connectivity index is 2.19. The van der Waals surface area contributed by atoms with Gasteiger partial charge in [-0.05, 0) is 24.3 Å². The van der Waals surface area contributed by atoms with E-state index in [2.05, 4.69) is 9.97 Å². The molecule has 8 N–H and O–H groups in total. The summed E-state index contributed by atoms with van der Waals surface area (Å²) in [6.07, 6.45) is 0. The van der Waals surface area contributed by atoms with Gasteiger partial charge in [0.2, 0.25) is 0 Å². The van der Waals surface area contributed by atoms with Gasteiger partial charge in [-0.3, -0.25) is 0 Å². The molecule has 112 valence electrons. The van der Waals surface area contributed by atoms with E-state index in [0.717, 1.165) is 12.1 Å². The number of phenolic OH excluding ortho intramolecular Hbond substituents is 1. The van der Waals surface area contributed by atoms with Gasteiger partial charge in [-0.25, -0.2) is 9.78 Å². The van der Waals surface area contributed by atoms with Gasteiger partial charge in [0.25, 0.3) is 0 Å². The molecule has 1 heterocycles. The van der Waals surface area contributed by atoms with Crippen LogP contribution >= 0.6 is 0 Å². The topological polar surface area (TPSA) is 158 Å². The molecule has 0 unspecified atom stereocenters. The fraction of sp³-hybridized carbons (Fsp3) is 0. The molecule has 0 fully saturated rings. The molecule has 0 amide bonds. The van der Waals surface area contributed by atoms with Gasteiger partial charge >= 0.3 is 5.97 Å². The standard InChI is InChI=1S/C14H12N4O4/c15-7-3-9-10(4-8(7)16)18-13(17-9)5-1-12(20)6(14(21)22)2-11(5)19/h1-4,19-20H,15-16H2,(H,17,18)(H,21,22). The summed E-state index contributed by atoms with van der Waals surface area (Å²) in [6.45, 7) is 0. The second-order valence-corrected chi connectivity index (χ2v) is 4.78. The zero-order chi connectivity index (χ0) is 16.0. The van der Waals surface area contributed by atoms with Crippen molar-refractivity contribution in [3.8, 4) is 22.9 Å². The molecular weight excluding hydrogens is 288 g/mol. The van der Waals surface area contributed by atoms with Crippen molar-refractivity contribution in [3.63, 3.8) is 0 Å². The molecule has 0 atom stereocenters. The number of nitrogens with one attached hydrogen (secondary N) is 1. The number of rotatable bonds is 2. The maximum atomic E-state index is 10.9. The normalized spacial score (nSPS) is 10.9. The van der Waals surface area contributed by atoms with Crippen molar-refractivity contribution >= 4 is 28.4 Å². The van der Waals surface area contributed by atoms with E-state index in [0.29, 0.717) is 22.4 Å². The molecule has 0 saturated carbocycles. The van der Waals surface area contributed by atoms with E-state index in [9.17, 15) is 15.0 Å². The Bertz CT molecular complexity index is 878. The smallest absolute Gasteiger partial charge is 0.339 e. The minimum Gasteiger partial charge on any atom is -0.507 e. The number of hydrogen-bond acceptors (Lipinski definition) is 6. The van der Waals surface area contributed by atoms with Crippen LogP contribution in [0.5, 0.6) is 11.5 Å². The van der Waals surface area contributed by atoms with Crippen molar-refractivity contribution in [2.45, 2.75) is 0 Å². The number of hydrogen-bond donors (Lipinski definition) is 6. The summed E-state index contributed by atoms with van der Waals surface area (Å²) >= 11 is 0. The Labute approximate surface area is 123 Å². The number of aromatic hydroxyl groups is 2. The molecule has 0 spiro atoms. The SMILES string of the molecule is Nc1cc2nc(-c3cc(O)c(C(=O)O)cc3O)[nH]c2cc1N. The van der Waals surface area contributed by atoms with Crippen molar-refractivity contribution in [2.24, 2.45) is 0 Å². The molecule has 1 aromatic heterocycles. The van der Waals surface area contributed by atoms with E-state index in [4.69, 9.17) is 16.6 Å². The van der Waals surface area contributed by atoms with Crippen LogP contribution in [0.4, 0.5) is 11.4 Å². The van der Waals surface area contributed by atoms with Gasteiger partial charge < -0.3 is 31.8 Å². The van der Waals surface area contributed by atoms with Crippen LogP contribution in [0, 0.1) is 0 Å². The molecule has 2 aromatic carbocycles. The average molecular weight is 300 g/mol. The van der Waals surface area contributed by atoms with Crippen molar-refractivity contribution in [3.05, 3.63) is 29.8 Å². The van der Waals surface area contributed by atoms with E-state index in [1.807, 2.05) is 0 Å². The predicted octanol–water partition coefficient (Wildman–Crippen LogP) is 1.50. The third-order valence-electron chi connectivity index (χ3n) is 3.29. The number of nitrogens with two attached hydrogens (primary N) is 2. The Hall–Kier alpha value is -3.42. The first-order valence-electron chi connectivity index (χ1n) is 6.21. The van der Waals surface area contributed by atoms with E-state index >= 15 is 0 Å². The van der Waals surface area contributed by atoms with Gasteiger partial charge in [0.15, 0.2) is 0 Å². The predicted molar refractivity (Wildman–Crippen MR) is 80.6 cm³/mol. The zero-order valence-electron chi connectivity index (χ0n) is 11.2. The first-order chi connectivity index (χ1) is 10.4. The van der Waals surface area contributed by atoms with Crippen LogP contribution in [0.2, 0.25) is 0 Å². The van der Waals surface area contributed by atoms with Crippen LogP contribution in [0.15, 0.2) is 24.3 Å². The second-order valence-electron chi connectivity index (χ2n) is 4.78. The number of aromatic amines is 1. The van der Waals surface area contributed by atoms with Gasteiger partial charge in [0.05, 0.1) is 28.0 Å². The van der Waals surface area contributed by atoms with Crippen LogP contribution in [-0.2, 0) is 0 Å². The monoisotopic (exact) mass is 300 g/mol. The third-order valence-corrected chi connectivity index (χ3v) is 3.29.